The fraction of sp³-hybridized carbons (Fsp3) is 0.500. The number of hydrogen-bond donors (Lipinski definition) is 1. The summed E-state index contributed by atoms with van der Waals surface area (Å²) in [7, 11) is 0. The van der Waals surface area contributed by atoms with Gasteiger partial charge in [0.25, 0.3) is 0 Å². The maximum absolute atomic E-state index is 12.2. The Labute approximate surface area is 134 Å². The summed E-state index contributed by atoms with van der Waals surface area (Å²) < 4.78 is 40.7. The summed E-state index contributed by atoms with van der Waals surface area (Å²) >= 11 is 3.06. The van der Waals surface area contributed by atoms with E-state index in [4.69, 9.17) is 5.11 Å². The summed E-state index contributed by atoms with van der Waals surface area (Å²) in [5, 5.41) is 9.05. The van der Waals surface area contributed by atoms with Crippen LogP contribution in [0, 0.1) is 5.92 Å². The van der Waals surface area contributed by atoms with Crippen molar-refractivity contribution in [3.8, 4) is 5.75 Å². The number of nitrogens with zero attached hydrogens (tertiary/aromatic N) is 1. The minimum absolute atomic E-state index is 0.217. The van der Waals surface area contributed by atoms with E-state index in [0.717, 1.165) is 18.5 Å². The third-order valence-electron chi connectivity index (χ3n) is 3.48. The third-order valence-corrected chi connectivity index (χ3v) is 4.10. The van der Waals surface area contributed by atoms with E-state index < -0.39 is 12.3 Å². The molecular formula is C14H15BrF3NO3. The van der Waals surface area contributed by atoms with E-state index >= 15 is 0 Å². The molecule has 1 heterocycles. The molecule has 1 aliphatic heterocycles. The van der Waals surface area contributed by atoms with Gasteiger partial charge in [-0.05, 0) is 53.0 Å². The number of ether oxygens (including phenoxy) is 1. The van der Waals surface area contributed by atoms with Gasteiger partial charge in [0, 0.05) is 13.1 Å². The third kappa shape index (κ3) is 4.88. The molecule has 4 nitrogen and oxygen atoms in total. The molecule has 2 rings (SSSR count). The lowest BCUT2D eigenvalue weighted by atomic mass is 9.98. The van der Waals surface area contributed by atoms with Crippen molar-refractivity contribution in [1.82, 2.24) is 4.90 Å². The number of aliphatic carboxylic acids is 1. The minimum Gasteiger partial charge on any atom is -0.481 e. The molecule has 8 heteroatoms. The highest BCUT2D eigenvalue weighted by atomic mass is 79.9. The first-order valence-corrected chi connectivity index (χ1v) is 7.53. The van der Waals surface area contributed by atoms with E-state index in [2.05, 4.69) is 20.7 Å². The summed E-state index contributed by atoms with van der Waals surface area (Å²) in [6.45, 7) is 1.73. The van der Waals surface area contributed by atoms with Gasteiger partial charge in [0.15, 0.2) is 0 Å². The van der Waals surface area contributed by atoms with Crippen molar-refractivity contribution < 1.29 is 27.8 Å². The molecule has 1 atom stereocenters. The molecule has 0 bridgehead atoms. The molecule has 0 aromatic heterocycles. The number of halogens is 4. The Balaban J connectivity index is 2.01. The number of carbonyl (C=O) groups is 1. The quantitative estimate of drug-likeness (QED) is 0.864. The van der Waals surface area contributed by atoms with E-state index in [1.807, 2.05) is 4.90 Å². The lowest BCUT2D eigenvalue weighted by Gasteiger charge is -2.30. The maximum atomic E-state index is 12.2. The topological polar surface area (TPSA) is 49.8 Å². The van der Waals surface area contributed by atoms with Crippen LogP contribution in [0.1, 0.15) is 18.4 Å². The number of likely N-dealkylation sites (tertiary alicyclic amines) is 1. The molecule has 1 aliphatic rings. The Bertz CT molecular complexity index is 551. The summed E-state index contributed by atoms with van der Waals surface area (Å²) in [6.07, 6.45) is -3.27. The molecule has 0 saturated carbocycles. The molecule has 22 heavy (non-hydrogen) atoms. The number of alkyl halides is 3. The van der Waals surface area contributed by atoms with Gasteiger partial charge in [-0.3, -0.25) is 9.69 Å². The predicted octanol–water partition coefficient (Wildman–Crippen LogP) is 3.64. The molecule has 1 fully saturated rings. The van der Waals surface area contributed by atoms with Crippen LogP contribution in [0.4, 0.5) is 13.2 Å². The zero-order valence-corrected chi connectivity index (χ0v) is 13.2. The van der Waals surface area contributed by atoms with Crippen molar-refractivity contribution in [1.29, 1.82) is 0 Å². The second kappa shape index (κ2) is 6.87. The van der Waals surface area contributed by atoms with Gasteiger partial charge in [-0.2, -0.15) is 0 Å². The van der Waals surface area contributed by atoms with Crippen LogP contribution in [-0.2, 0) is 11.3 Å². The molecule has 0 aliphatic carbocycles. The van der Waals surface area contributed by atoms with Crippen LogP contribution < -0.4 is 4.74 Å². The molecular weight excluding hydrogens is 367 g/mol. The van der Waals surface area contributed by atoms with Gasteiger partial charge in [-0.25, -0.2) is 0 Å². The Morgan fingerprint density at radius 2 is 2.18 bits per heavy atom. The minimum atomic E-state index is -4.73. The highest BCUT2D eigenvalue weighted by Crippen LogP contribution is 2.31. The molecule has 1 unspecified atom stereocenters. The summed E-state index contributed by atoms with van der Waals surface area (Å²) in [5.41, 5.74) is 0.799. The van der Waals surface area contributed by atoms with Crippen LogP contribution in [0.5, 0.6) is 5.75 Å². The Hall–Kier alpha value is -1.28. The van der Waals surface area contributed by atoms with Gasteiger partial charge in [-0.15, -0.1) is 13.2 Å². The van der Waals surface area contributed by atoms with E-state index in [-0.39, 0.29) is 16.1 Å². The van der Waals surface area contributed by atoms with E-state index in [9.17, 15) is 18.0 Å². The van der Waals surface area contributed by atoms with E-state index in [1.54, 1.807) is 12.1 Å². The Morgan fingerprint density at radius 3 is 2.77 bits per heavy atom. The molecule has 0 radical (unpaired) electrons. The van der Waals surface area contributed by atoms with Crippen molar-refractivity contribution in [3.63, 3.8) is 0 Å². The smallest absolute Gasteiger partial charge is 0.481 e. The normalized spacial score (nSPS) is 19.9. The Kier molecular flexibility index (Phi) is 5.33. The molecule has 0 spiro atoms. The largest absolute Gasteiger partial charge is 0.573 e. The SMILES string of the molecule is O=C(O)C1CCCN(Cc2ccc(OC(F)(F)F)c(Br)c2)C1. The zero-order chi connectivity index (χ0) is 16.3. The standard InChI is InChI=1S/C14H15BrF3NO3/c15-11-6-9(3-4-12(11)22-14(16,17)18)7-19-5-1-2-10(8-19)13(20)21/h3-4,6,10H,1-2,5,7-8H2,(H,20,21). The van der Waals surface area contributed by atoms with Crippen LogP contribution in [0.2, 0.25) is 0 Å². The van der Waals surface area contributed by atoms with Crippen molar-refractivity contribution in [2.75, 3.05) is 13.1 Å². The van der Waals surface area contributed by atoms with E-state index in [0.29, 0.717) is 19.5 Å². The first-order valence-electron chi connectivity index (χ1n) is 6.74. The average molecular weight is 382 g/mol. The summed E-state index contributed by atoms with van der Waals surface area (Å²) in [6, 6.07) is 4.37. The van der Waals surface area contributed by atoms with Crippen molar-refractivity contribution >= 4 is 21.9 Å². The second-order valence-corrected chi connectivity index (χ2v) is 6.08. The van der Waals surface area contributed by atoms with Crippen molar-refractivity contribution in [2.45, 2.75) is 25.7 Å². The molecule has 122 valence electrons. The predicted molar refractivity (Wildman–Crippen MR) is 76.5 cm³/mol. The van der Waals surface area contributed by atoms with Crippen LogP contribution in [0.25, 0.3) is 0 Å². The summed E-state index contributed by atoms with van der Waals surface area (Å²) in [4.78, 5) is 13.0. The van der Waals surface area contributed by atoms with Gasteiger partial charge in [0.2, 0.25) is 0 Å². The monoisotopic (exact) mass is 381 g/mol. The number of rotatable bonds is 4. The van der Waals surface area contributed by atoms with Gasteiger partial charge in [0.1, 0.15) is 5.75 Å². The fourth-order valence-electron chi connectivity index (χ4n) is 2.51. The molecule has 1 N–H and O–H groups in total. The van der Waals surface area contributed by atoms with Gasteiger partial charge < -0.3 is 9.84 Å². The van der Waals surface area contributed by atoms with Crippen LogP contribution in [-0.4, -0.2) is 35.4 Å². The van der Waals surface area contributed by atoms with Crippen molar-refractivity contribution in [3.05, 3.63) is 28.2 Å². The average Bonchev–Trinajstić information content (AvgIpc) is 2.41. The first-order chi connectivity index (χ1) is 10.2. The highest BCUT2D eigenvalue weighted by Gasteiger charge is 2.32. The van der Waals surface area contributed by atoms with Crippen LogP contribution in [0.15, 0.2) is 22.7 Å². The number of benzene rings is 1. The van der Waals surface area contributed by atoms with Gasteiger partial charge >= 0.3 is 12.3 Å². The second-order valence-electron chi connectivity index (χ2n) is 5.23. The Morgan fingerprint density at radius 1 is 1.45 bits per heavy atom. The fourth-order valence-corrected chi connectivity index (χ4v) is 3.02. The maximum Gasteiger partial charge on any atom is 0.573 e. The highest BCUT2D eigenvalue weighted by molar-refractivity contribution is 9.10. The molecule has 1 aromatic rings. The van der Waals surface area contributed by atoms with Crippen LogP contribution in [0.3, 0.4) is 0 Å². The van der Waals surface area contributed by atoms with Gasteiger partial charge in [0.05, 0.1) is 10.4 Å². The number of carboxylic acid groups (broad SMARTS) is 1. The molecule has 1 saturated heterocycles. The zero-order valence-electron chi connectivity index (χ0n) is 11.6. The number of piperidine rings is 1. The lowest BCUT2D eigenvalue weighted by molar-refractivity contribution is -0.274. The van der Waals surface area contributed by atoms with E-state index in [1.165, 1.54) is 6.07 Å². The number of hydrogen-bond acceptors (Lipinski definition) is 3. The summed E-state index contributed by atoms with van der Waals surface area (Å²) in [5.74, 6) is -1.48. The molecule has 0 amide bonds. The number of carboxylic acids is 1. The van der Waals surface area contributed by atoms with Crippen molar-refractivity contribution in [2.24, 2.45) is 5.92 Å². The van der Waals surface area contributed by atoms with Gasteiger partial charge in [-0.1, -0.05) is 6.07 Å². The lowest BCUT2D eigenvalue weighted by Crippen LogP contribution is -2.38. The first kappa shape index (κ1) is 17.1. The molecule has 1 aromatic carbocycles. The van der Waals surface area contributed by atoms with Crippen LogP contribution >= 0.6 is 15.9 Å².